The molecule has 0 radical (unpaired) electrons. The molecule has 1 aromatic heterocycles. The Labute approximate surface area is 173 Å². The van der Waals surface area contributed by atoms with Crippen LogP contribution in [0, 0.1) is 0 Å². The molecule has 29 heavy (non-hydrogen) atoms. The van der Waals surface area contributed by atoms with Crippen LogP contribution in [0.4, 0.5) is 0 Å². The van der Waals surface area contributed by atoms with Crippen LogP contribution in [0.3, 0.4) is 0 Å². The zero-order chi connectivity index (χ0) is 19.8. The van der Waals surface area contributed by atoms with E-state index in [2.05, 4.69) is 58.3 Å². The smallest absolute Gasteiger partial charge is 0.107 e. The van der Waals surface area contributed by atoms with Crippen molar-refractivity contribution in [3.63, 3.8) is 0 Å². The molecule has 6 rings (SSSR count). The normalized spacial score (nSPS) is 25.6. The molecule has 0 amide bonds. The van der Waals surface area contributed by atoms with Crippen LogP contribution in [0.1, 0.15) is 60.9 Å². The minimum Gasteiger partial charge on any atom is -0.389 e. The van der Waals surface area contributed by atoms with Gasteiger partial charge in [0.05, 0.1) is 16.6 Å². The molecule has 3 aromatic rings. The summed E-state index contributed by atoms with van der Waals surface area (Å²) in [6.07, 6.45) is 6.20. The van der Waals surface area contributed by atoms with E-state index in [0.717, 1.165) is 62.1 Å². The van der Waals surface area contributed by atoms with Gasteiger partial charge in [-0.2, -0.15) is 0 Å². The molecule has 0 unspecified atom stereocenters. The first-order valence-electron chi connectivity index (χ1n) is 11.1. The van der Waals surface area contributed by atoms with Crippen LogP contribution in [-0.4, -0.2) is 45.7 Å². The van der Waals surface area contributed by atoms with Gasteiger partial charge in [-0.05, 0) is 74.9 Å². The maximum Gasteiger partial charge on any atom is 0.107 e. The third-order valence-electron chi connectivity index (χ3n) is 7.18. The third kappa shape index (κ3) is 3.60. The number of hydrogen-bond acceptors (Lipinski definition) is 3. The molecule has 3 atom stereocenters. The topological polar surface area (TPSA) is 52.2 Å². The number of para-hydroxylation sites is 2. The highest BCUT2D eigenvalue weighted by Gasteiger charge is 2.48. The fourth-order valence-electron chi connectivity index (χ4n) is 5.63. The van der Waals surface area contributed by atoms with Crippen LogP contribution in [0.5, 0.6) is 0 Å². The molecule has 4 heteroatoms. The Bertz CT molecular complexity index is 963. The van der Waals surface area contributed by atoms with E-state index < -0.39 is 5.60 Å². The lowest BCUT2D eigenvalue weighted by molar-refractivity contribution is -0.0452. The molecular weight excluding hydrogens is 358 g/mol. The van der Waals surface area contributed by atoms with Crippen molar-refractivity contribution in [1.29, 1.82) is 0 Å². The number of hydrogen-bond donors (Lipinski definition) is 2. The second-order valence-corrected chi connectivity index (χ2v) is 9.12. The zero-order valence-corrected chi connectivity index (χ0v) is 17.3. The summed E-state index contributed by atoms with van der Waals surface area (Å²) in [4.78, 5) is 10.5. The molecule has 2 bridgehead atoms. The van der Waals surface area contributed by atoms with Crippen molar-refractivity contribution in [2.24, 2.45) is 0 Å². The standard InChI is InChI=1S/C25H31N3O/c1-28(15-6-11-24-26-22-9-4-5-10-23(22)27-24)16-14-25(29)17-18-12-13-21(25)20-8-3-2-7-19(18)20/h2-5,7-10,18,21,29H,6,11-17H2,1H3,(H,26,27)/t18-,21-,25+/m1/s1. The molecule has 4 nitrogen and oxygen atoms in total. The number of benzene rings is 2. The largest absolute Gasteiger partial charge is 0.389 e. The lowest BCUT2D eigenvalue weighted by Crippen LogP contribution is -2.47. The monoisotopic (exact) mass is 389 g/mol. The van der Waals surface area contributed by atoms with Gasteiger partial charge in [0, 0.05) is 18.9 Å². The predicted octanol–water partition coefficient (Wildman–Crippen LogP) is 4.61. The number of H-pyrrole nitrogens is 1. The molecule has 1 fully saturated rings. The van der Waals surface area contributed by atoms with E-state index in [1.165, 1.54) is 17.5 Å². The Morgan fingerprint density at radius 3 is 2.72 bits per heavy atom. The summed E-state index contributed by atoms with van der Waals surface area (Å²) in [6, 6.07) is 17.0. The third-order valence-corrected chi connectivity index (χ3v) is 7.18. The summed E-state index contributed by atoms with van der Waals surface area (Å²) in [7, 11) is 2.18. The van der Waals surface area contributed by atoms with E-state index in [1.54, 1.807) is 0 Å². The van der Waals surface area contributed by atoms with Crippen LogP contribution < -0.4 is 0 Å². The Morgan fingerprint density at radius 1 is 1.07 bits per heavy atom. The lowest BCUT2D eigenvalue weighted by atomic mass is 9.58. The first-order chi connectivity index (χ1) is 14.1. The van der Waals surface area contributed by atoms with E-state index in [-0.39, 0.29) is 0 Å². The molecule has 3 aliphatic rings. The fourth-order valence-corrected chi connectivity index (χ4v) is 5.63. The number of aromatic nitrogens is 2. The van der Waals surface area contributed by atoms with E-state index in [9.17, 15) is 5.11 Å². The van der Waals surface area contributed by atoms with E-state index >= 15 is 0 Å². The second-order valence-electron chi connectivity index (χ2n) is 9.12. The predicted molar refractivity (Wildman–Crippen MR) is 117 cm³/mol. The van der Waals surface area contributed by atoms with Crippen LogP contribution in [-0.2, 0) is 6.42 Å². The van der Waals surface area contributed by atoms with E-state index in [4.69, 9.17) is 0 Å². The van der Waals surface area contributed by atoms with Crippen molar-refractivity contribution in [2.75, 3.05) is 20.1 Å². The van der Waals surface area contributed by atoms with Gasteiger partial charge >= 0.3 is 0 Å². The minimum absolute atomic E-state index is 0.313. The summed E-state index contributed by atoms with van der Waals surface area (Å²) in [5.74, 6) is 1.92. The van der Waals surface area contributed by atoms with Gasteiger partial charge in [-0.25, -0.2) is 4.98 Å². The van der Waals surface area contributed by atoms with Gasteiger partial charge in [0.1, 0.15) is 5.82 Å². The fraction of sp³-hybridized carbons (Fsp3) is 0.480. The number of rotatable bonds is 7. The Balaban J connectivity index is 1.14. The summed E-state index contributed by atoms with van der Waals surface area (Å²) >= 11 is 0. The van der Waals surface area contributed by atoms with Gasteiger partial charge in [0.15, 0.2) is 0 Å². The highest BCUT2D eigenvalue weighted by molar-refractivity contribution is 5.74. The summed E-state index contributed by atoms with van der Waals surface area (Å²) in [6.45, 7) is 1.97. The molecule has 0 spiro atoms. The minimum atomic E-state index is -0.537. The van der Waals surface area contributed by atoms with E-state index in [0.29, 0.717) is 11.8 Å². The van der Waals surface area contributed by atoms with Crippen molar-refractivity contribution in [1.82, 2.24) is 14.9 Å². The van der Waals surface area contributed by atoms with Crippen molar-refractivity contribution < 1.29 is 5.11 Å². The highest BCUT2D eigenvalue weighted by Crippen LogP contribution is 2.55. The Morgan fingerprint density at radius 2 is 1.86 bits per heavy atom. The average Bonchev–Trinajstić information content (AvgIpc) is 3.16. The summed E-state index contributed by atoms with van der Waals surface area (Å²) in [5.41, 5.74) is 4.53. The van der Waals surface area contributed by atoms with Gasteiger partial charge in [-0.15, -0.1) is 0 Å². The molecule has 0 aliphatic heterocycles. The van der Waals surface area contributed by atoms with Crippen molar-refractivity contribution in [2.45, 2.75) is 56.0 Å². The summed E-state index contributed by atoms with van der Waals surface area (Å²) in [5, 5.41) is 11.5. The number of nitrogens with one attached hydrogen (secondary N) is 1. The van der Waals surface area contributed by atoms with Crippen LogP contribution in [0.15, 0.2) is 48.5 Å². The molecule has 2 N–H and O–H groups in total. The Hall–Kier alpha value is -2.17. The molecule has 3 aliphatic carbocycles. The first-order valence-corrected chi connectivity index (χ1v) is 11.1. The van der Waals surface area contributed by atoms with Gasteiger partial charge in [0.25, 0.3) is 0 Å². The number of nitrogens with zero attached hydrogens (tertiary/aromatic N) is 2. The highest BCUT2D eigenvalue weighted by atomic mass is 16.3. The van der Waals surface area contributed by atoms with Crippen LogP contribution in [0.25, 0.3) is 11.0 Å². The van der Waals surface area contributed by atoms with Crippen molar-refractivity contribution >= 4 is 11.0 Å². The second kappa shape index (κ2) is 7.58. The van der Waals surface area contributed by atoms with Crippen molar-refractivity contribution in [3.8, 4) is 0 Å². The van der Waals surface area contributed by atoms with Gasteiger partial charge < -0.3 is 15.0 Å². The first kappa shape index (κ1) is 18.8. The SMILES string of the molecule is CN(CCCc1nc2ccccc2[nH]1)CC[C@]1(O)C[C@H]2CC[C@@H]1c1ccccc12. The molecule has 0 saturated heterocycles. The zero-order valence-electron chi connectivity index (χ0n) is 17.3. The van der Waals surface area contributed by atoms with E-state index in [1.807, 2.05) is 12.1 Å². The number of fused-ring (bicyclic) bond motifs is 3. The van der Waals surface area contributed by atoms with Gasteiger partial charge in [-0.3, -0.25) is 0 Å². The number of aromatic amines is 1. The van der Waals surface area contributed by atoms with Crippen molar-refractivity contribution in [3.05, 3.63) is 65.5 Å². The maximum absolute atomic E-state index is 11.5. The molecule has 1 saturated carbocycles. The molecular formula is C25H31N3O. The molecule has 2 aromatic carbocycles. The summed E-state index contributed by atoms with van der Waals surface area (Å²) < 4.78 is 0. The number of aryl methyl sites for hydroxylation is 1. The lowest BCUT2D eigenvalue weighted by Gasteiger charge is -2.50. The van der Waals surface area contributed by atoms with Gasteiger partial charge in [0.2, 0.25) is 0 Å². The number of aliphatic hydroxyl groups is 1. The van der Waals surface area contributed by atoms with Gasteiger partial charge in [-0.1, -0.05) is 36.4 Å². The average molecular weight is 390 g/mol. The molecule has 1 heterocycles. The van der Waals surface area contributed by atoms with Crippen LogP contribution in [0.2, 0.25) is 0 Å². The number of imidazole rings is 1. The quantitative estimate of drug-likeness (QED) is 0.620. The molecule has 152 valence electrons. The maximum atomic E-state index is 11.5. The Kier molecular flexibility index (Phi) is 4.92. The van der Waals surface area contributed by atoms with Crippen LogP contribution >= 0.6 is 0 Å².